The molecular formula is C24H29FN2O2. The molecule has 5 heteroatoms. The highest BCUT2D eigenvalue weighted by Crippen LogP contribution is 2.38. The van der Waals surface area contributed by atoms with Crippen LogP contribution in [0.4, 0.5) is 4.39 Å². The lowest BCUT2D eigenvalue weighted by atomic mass is 9.72. The van der Waals surface area contributed by atoms with Crippen LogP contribution in [-0.2, 0) is 16.0 Å². The van der Waals surface area contributed by atoms with Crippen LogP contribution in [0.3, 0.4) is 0 Å². The molecule has 29 heavy (non-hydrogen) atoms. The van der Waals surface area contributed by atoms with Crippen LogP contribution in [0.5, 0.6) is 0 Å². The maximum Gasteiger partial charge on any atom is 0.224 e. The van der Waals surface area contributed by atoms with Gasteiger partial charge in [-0.05, 0) is 54.0 Å². The SMILES string of the molecule is CC(C)CC(=O)N1CCC(Cc2ccccc2-c2cccc(F)c2)(C(N)=O)CC1. The predicted molar refractivity (Wildman–Crippen MR) is 112 cm³/mol. The van der Waals surface area contributed by atoms with E-state index in [1.807, 2.05) is 49.1 Å². The lowest BCUT2D eigenvalue weighted by Crippen LogP contribution is -2.50. The van der Waals surface area contributed by atoms with Gasteiger partial charge in [0, 0.05) is 19.5 Å². The Kier molecular flexibility index (Phi) is 6.36. The van der Waals surface area contributed by atoms with Gasteiger partial charge >= 0.3 is 0 Å². The minimum atomic E-state index is -0.696. The van der Waals surface area contributed by atoms with E-state index in [0.717, 1.165) is 16.7 Å². The smallest absolute Gasteiger partial charge is 0.224 e. The summed E-state index contributed by atoms with van der Waals surface area (Å²) in [6.45, 7) is 5.13. The van der Waals surface area contributed by atoms with Gasteiger partial charge in [0.15, 0.2) is 0 Å². The zero-order chi connectivity index (χ0) is 21.0. The van der Waals surface area contributed by atoms with Crippen molar-refractivity contribution < 1.29 is 14.0 Å². The van der Waals surface area contributed by atoms with Crippen molar-refractivity contribution >= 4 is 11.8 Å². The van der Waals surface area contributed by atoms with E-state index in [4.69, 9.17) is 5.73 Å². The van der Waals surface area contributed by atoms with Gasteiger partial charge in [0.1, 0.15) is 5.82 Å². The van der Waals surface area contributed by atoms with Crippen molar-refractivity contribution in [1.82, 2.24) is 4.90 Å². The van der Waals surface area contributed by atoms with Crippen LogP contribution >= 0.6 is 0 Å². The third-order valence-electron chi connectivity index (χ3n) is 5.86. The molecule has 154 valence electrons. The molecule has 4 nitrogen and oxygen atoms in total. The minimum Gasteiger partial charge on any atom is -0.369 e. The second kappa shape index (κ2) is 8.76. The highest BCUT2D eigenvalue weighted by Gasteiger charge is 2.41. The maximum atomic E-state index is 13.7. The molecule has 0 radical (unpaired) electrons. The Bertz CT molecular complexity index is 886. The largest absolute Gasteiger partial charge is 0.369 e. The van der Waals surface area contributed by atoms with Gasteiger partial charge < -0.3 is 10.6 Å². The number of rotatable bonds is 6. The fourth-order valence-corrected chi connectivity index (χ4v) is 4.15. The lowest BCUT2D eigenvalue weighted by Gasteiger charge is -2.40. The number of nitrogens with zero attached hydrogens (tertiary/aromatic N) is 1. The first-order valence-corrected chi connectivity index (χ1v) is 10.2. The summed E-state index contributed by atoms with van der Waals surface area (Å²) in [5, 5.41) is 0. The minimum absolute atomic E-state index is 0.137. The number of piperidine rings is 1. The van der Waals surface area contributed by atoms with Crippen LogP contribution in [0.15, 0.2) is 48.5 Å². The van der Waals surface area contributed by atoms with Crippen LogP contribution in [0.25, 0.3) is 11.1 Å². The Morgan fingerprint density at radius 3 is 2.41 bits per heavy atom. The summed E-state index contributed by atoms with van der Waals surface area (Å²) in [7, 11) is 0. The van der Waals surface area contributed by atoms with Crippen molar-refractivity contribution in [2.75, 3.05) is 13.1 Å². The van der Waals surface area contributed by atoms with Crippen molar-refractivity contribution in [2.45, 2.75) is 39.5 Å². The molecule has 0 atom stereocenters. The molecular weight excluding hydrogens is 367 g/mol. The number of primary amides is 1. The summed E-state index contributed by atoms with van der Waals surface area (Å²) < 4.78 is 13.7. The topological polar surface area (TPSA) is 63.4 Å². The molecule has 1 heterocycles. The molecule has 2 amide bonds. The summed E-state index contributed by atoms with van der Waals surface area (Å²) in [6, 6.07) is 14.2. The van der Waals surface area contributed by atoms with E-state index in [1.165, 1.54) is 12.1 Å². The van der Waals surface area contributed by atoms with E-state index in [1.54, 1.807) is 6.07 Å². The standard InChI is InChI=1S/C24H29FN2O2/c1-17(2)14-22(28)27-12-10-24(11-13-27,23(26)29)16-19-6-3-4-9-21(19)18-7-5-8-20(25)15-18/h3-9,15,17H,10-14,16H2,1-2H3,(H2,26,29). The molecule has 0 unspecified atom stereocenters. The third-order valence-corrected chi connectivity index (χ3v) is 5.86. The number of benzene rings is 2. The summed E-state index contributed by atoms with van der Waals surface area (Å²) in [5.41, 5.74) is 7.83. The molecule has 1 aliphatic rings. The van der Waals surface area contributed by atoms with Crippen LogP contribution in [0, 0.1) is 17.2 Å². The van der Waals surface area contributed by atoms with Crippen molar-refractivity contribution in [3.63, 3.8) is 0 Å². The number of nitrogens with two attached hydrogens (primary N) is 1. The lowest BCUT2D eigenvalue weighted by molar-refractivity contribution is -0.139. The summed E-state index contributed by atoms with van der Waals surface area (Å²) in [5.74, 6) is -0.178. The van der Waals surface area contributed by atoms with Crippen LogP contribution in [0.2, 0.25) is 0 Å². The number of hydrogen-bond acceptors (Lipinski definition) is 2. The Hall–Kier alpha value is -2.69. The summed E-state index contributed by atoms with van der Waals surface area (Å²) in [6.07, 6.45) is 2.10. The fraction of sp³-hybridized carbons (Fsp3) is 0.417. The highest BCUT2D eigenvalue weighted by molar-refractivity contribution is 5.83. The highest BCUT2D eigenvalue weighted by atomic mass is 19.1. The predicted octanol–water partition coefficient (Wildman–Crippen LogP) is 4.18. The molecule has 2 N–H and O–H groups in total. The van der Waals surface area contributed by atoms with Crippen molar-refractivity contribution in [3.8, 4) is 11.1 Å². The average molecular weight is 397 g/mol. The molecule has 0 saturated carbocycles. The van der Waals surface area contributed by atoms with Crippen LogP contribution < -0.4 is 5.73 Å². The Morgan fingerprint density at radius 1 is 1.10 bits per heavy atom. The van der Waals surface area contributed by atoms with E-state index < -0.39 is 5.41 Å². The van der Waals surface area contributed by atoms with Gasteiger partial charge in [0.2, 0.25) is 11.8 Å². The zero-order valence-corrected chi connectivity index (χ0v) is 17.2. The van der Waals surface area contributed by atoms with E-state index in [-0.39, 0.29) is 17.6 Å². The summed E-state index contributed by atoms with van der Waals surface area (Å²) in [4.78, 5) is 26.7. The Balaban J connectivity index is 1.83. The normalized spacial score (nSPS) is 16.1. The van der Waals surface area contributed by atoms with Crippen molar-refractivity contribution in [1.29, 1.82) is 0 Å². The number of hydrogen-bond donors (Lipinski definition) is 1. The first kappa shape index (κ1) is 21.0. The van der Waals surface area contributed by atoms with Crippen LogP contribution in [0.1, 0.15) is 38.7 Å². The van der Waals surface area contributed by atoms with Gasteiger partial charge in [0.25, 0.3) is 0 Å². The number of halogens is 1. The first-order valence-electron chi connectivity index (χ1n) is 10.2. The molecule has 0 aromatic heterocycles. The van der Waals surface area contributed by atoms with E-state index >= 15 is 0 Å². The maximum absolute atomic E-state index is 13.7. The molecule has 0 bridgehead atoms. The van der Waals surface area contributed by atoms with Crippen molar-refractivity contribution in [3.05, 3.63) is 59.9 Å². The molecule has 2 aromatic rings. The molecule has 1 fully saturated rings. The molecule has 3 rings (SSSR count). The number of likely N-dealkylation sites (tertiary alicyclic amines) is 1. The average Bonchev–Trinajstić information content (AvgIpc) is 2.68. The van der Waals surface area contributed by atoms with Gasteiger partial charge in [-0.3, -0.25) is 9.59 Å². The van der Waals surface area contributed by atoms with E-state index in [2.05, 4.69) is 0 Å². The first-order chi connectivity index (χ1) is 13.8. The fourth-order valence-electron chi connectivity index (χ4n) is 4.15. The van der Waals surface area contributed by atoms with Gasteiger partial charge in [-0.15, -0.1) is 0 Å². The Labute approximate surface area is 171 Å². The number of carbonyl (C=O) groups is 2. The second-order valence-electron chi connectivity index (χ2n) is 8.47. The summed E-state index contributed by atoms with van der Waals surface area (Å²) >= 11 is 0. The molecule has 2 aromatic carbocycles. The van der Waals surface area contributed by atoms with Crippen molar-refractivity contribution in [2.24, 2.45) is 17.1 Å². The molecule has 1 saturated heterocycles. The molecule has 0 spiro atoms. The monoisotopic (exact) mass is 396 g/mol. The van der Waals surface area contributed by atoms with Gasteiger partial charge in [-0.25, -0.2) is 4.39 Å². The van der Waals surface area contributed by atoms with E-state index in [0.29, 0.717) is 44.7 Å². The van der Waals surface area contributed by atoms with Gasteiger partial charge in [-0.2, -0.15) is 0 Å². The van der Waals surface area contributed by atoms with E-state index in [9.17, 15) is 14.0 Å². The Morgan fingerprint density at radius 2 is 1.79 bits per heavy atom. The van der Waals surface area contributed by atoms with Crippen LogP contribution in [-0.4, -0.2) is 29.8 Å². The molecule has 1 aliphatic heterocycles. The van der Waals surface area contributed by atoms with Gasteiger partial charge in [-0.1, -0.05) is 50.2 Å². The number of amides is 2. The second-order valence-corrected chi connectivity index (χ2v) is 8.47. The number of carbonyl (C=O) groups excluding carboxylic acids is 2. The third kappa shape index (κ3) is 4.84. The van der Waals surface area contributed by atoms with Gasteiger partial charge in [0.05, 0.1) is 5.41 Å². The zero-order valence-electron chi connectivity index (χ0n) is 17.2. The quantitative estimate of drug-likeness (QED) is 0.796. The molecule has 0 aliphatic carbocycles.